The number of benzene rings is 3. The summed E-state index contributed by atoms with van der Waals surface area (Å²) in [4.78, 5) is 19.4. The molecule has 0 N–H and O–H groups in total. The van der Waals surface area contributed by atoms with Gasteiger partial charge in [-0.25, -0.2) is 0 Å². The topological polar surface area (TPSA) is 26.8 Å². The number of likely N-dealkylation sites (N-methyl/N-ethyl adjacent to an activating group) is 1. The van der Waals surface area contributed by atoms with Crippen LogP contribution >= 0.6 is 0 Å². The number of hydrogen-bond acceptors (Lipinski definition) is 3. The van der Waals surface area contributed by atoms with E-state index in [0.717, 1.165) is 64.1 Å². The van der Waals surface area contributed by atoms with Gasteiger partial charge in [-0.1, -0.05) is 99.7 Å². The summed E-state index contributed by atoms with van der Waals surface area (Å²) < 4.78 is 0. The minimum absolute atomic E-state index is 0.157. The molecule has 1 fully saturated rings. The van der Waals surface area contributed by atoms with E-state index in [-0.39, 0.29) is 5.91 Å². The van der Waals surface area contributed by atoms with E-state index < -0.39 is 0 Å². The van der Waals surface area contributed by atoms with Crippen LogP contribution in [0.25, 0.3) is 0 Å². The number of fused-ring (bicyclic) bond motifs is 1. The van der Waals surface area contributed by atoms with Gasteiger partial charge in [0, 0.05) is 56.9 Å². The Hall–Kier alpha value is -3.37. The van der Waals surface area contributed by atoms with Crippen LogP contribution in [0.1, 0.15) is 73.5 Å². The van der Waals surface area contributed by atoms with E-state index in [4.69, 9.17) is 0 Å². The fourth-order valence-corrected chi connectivity index (χ4v) is 5.45. The first-order valence-electron chi connectivity index (χ1n) is 15.2. The van der Waals surface area contributed by atoms with Crippen molar-refractivity contribution < 1.29 is 4.79 Å². The van der Waals surface area contributed by atoms with Crippen LogP contribution in [0.4, 0.5) is 5.69 Å². The van der Waals surface area contributed by atoms with Crippen LogP contribution in [-0.2, 0) is 6.42 Å². The van der Waals surface area contributed by atoms with Crippen LogP contribution in [0.5, 0.6) is 0 Å². The molecule has 214 valence electrons. The second-order valence-corrected chi connectivity index (χ2v) is 10.3. The van der Waals surface area contributed by atoms with E-state index in [1.165, 1.54) is 22.4 Å². The lowest BCUT2D eigenvalue weighted by Gasteiger charge is -2.37. The second-order valence-electron chi connectivity index (χ2n) is 10.3. The van der Waals surface area contributed by atoms with E-state index in [9.17, 15) is 4.79 Å². The smallest absolute Gasteiger partial charge is 0.253 e. The van der Waals surface area contributed by atoms with Crippen molar-refractivity contribution >= 4 is 11.6 Å². The molecule has 2 aliphatic heterocycles. The monoisotopic (exact) mass is 539 g/mol. The summed E-state index contributed by atoms with van der Waals surface area (Å²) in [6, 6.07) is 28.3. The Bertz CT molecular complexity index is 1130. The number of carbonyl (C=O) groups is 1. The largest absolute Gasteiger partial charge is 0.369 e. The first-order valence-corrected chi connectivity index (χ1v) is 15.2. The highest BCUT2D eigenvalue weighted by molar-refractivity contribution is 5.97. The molecule has 1 saturated heterocycles. The maximum Gasteiger partial charge on any atom is 0.253 e. The van der Waals surface area contributed by atoms with Gasteiger partial charge in [-0.2, -0.15) is 0 Å². The molecule has 5 rings (SSSR count). The summed E-state index contributed by atoms with van der Waals surface area (Å²) in [6.07, 6.45) is 7.42. The van der Waals surface area contributed by atoms with Gasteiger partial charge in [0.1, 0.15) is 0 Å². The molecule has 0 saturated carbocycles. The van der Waals surface area contributed by atoms with Crippen molar-refractivity contribution in [1.29, 1.82) is 0 Å². The highest BCUT2D eigenvalue weighted by Crippen LogP contribution is 2.29. The molecule has 0 unspecified atom stereocenters. The molecule has 40 heavy (non-hydrogen) atoms. The van der Waals surface area contributed by atoms with Crippen LogP contribution in [0, 0.1) is 0 Å². The van der Waals surface area contributed by atoms with Crippen LogP contribution in [0.3, 0.4) is 0 Å². The zero-order valence-corrected chi connectivity index (χ0v) is 25.4. The van der Waals surface area contributed by atoms with Gasteiger partial charge in [-0.3, -0.25) is 9.69 Å². The summed E-state index contributed by atoms with van der Waals surface area (Å²) in [5, 5.41) is 0. The first kappa shape index (κ1) is 31.2. The third kappa shape index (κ3) is 8.56. The van der Waals surface area contributed by atoms with Crippen molar-refractivity contribution in [2.24, 2.45) is 0 Å². The quantitative estimate of drug-likeness (QED) is 0.288. The maximum absolute atomic E-state index is 12.6. The Balaban J connectivity index is 0.000000570. The Labute approximate surface area is 243 Å². The van der Waals surface area contributed by atoms with Crippen LogP contribution < -0.4 is 4.90 Å². The number of anilines is 1. The Morgan fingerprint density at radius 1 is 0.825 bits per heavy atom. The summed E-state index contributed by atoms with van der Waals surface area (Å²) in [5.74, 6) is 0.582. The molecule has 3 aromatic carbocycles. The van der Waals surface area contributed by atoms with Gasteiger partial charge in [0.05, 0.1) is 0 Å². The number of amides is 1. The first-order chi connectivity index (χ1) is 19.6. The Kier molecular flexibility index (Phi) is 13.0. The van der Waals surface area contributed by atoms with Gasteiger partial charge in [0.25, 0.3) is 5.91 Å². The molecule has 0 atom stereocenters. The fourth-order valence-electron chi connectivity index (χ4n) is 5.45. The average Bonchev–Trinajstić information content (AvgIpc) is 3.02. The summed E-state index contributed by atoms with van der Waals surface area (Å²) >= 11 is 0. The summed E-state index contributed by atoms with van der Waals surface area (Å²) in [5.41, 5.74) is 6.05. The number of nitrogens with zero attached hydrogens (tertiary/aromatic N) is 3. The lowest BCUT2D eigenvalue weighted by atomic mass is 9.88. The van der Waals surface area contributed by atoms with E-state index in [1.54, 1.807) is 0 Å². The van der Waals surface area contributed by atoms with Crippen molar-refractivity contribution in [3.8, 4) is 0 Å². The minimum Gasteiger partial charge on any atom is -0.369 e. The zero-order chi connectivity index (χ0) is 28.7. The van der Waals surface area contributed by atoms with Gasteiger partial charge in [0.15, 0.2) is 0 Å². The predicted octanol–water partition coefficient (Wildman–Crippen LogP) is 7.66. The number of hydrogen-bond donors (Lipinski definition) is 0. The van der Waals surface area contributed by atoms with Crippen molar-refractivity contribution in [3.05, 3.63) is 113 Å². The van der Waals surface area contributed by atoms with E-state index in [2.05, 4.69) is 108 Å². The van der Waals surface area contributed by atoms with Crippen LogP contribution in [-0.4, -0.2) is 62.0 Å². The molecule has 0 radical (unpaired) electrons. The number of carbonyl (C=O) groups excluding carboxylic acids is 1. The molecule has 0 spiro atoms. The van der Waals surface area contributed by atoms with Gasteiger partial charge < -0.3 is 9.80 Å². The standard InChI is InChI=1S/C29H33N3O.C5H10.C2H6/c1-30-16-14-25-12-13-26(22-28(25)29(30)33)32-20-18-31(19-21-32)17-15-27(23-8-4-2-5-9-23)24-10-6-3-7-11-24;1-3-5-4-2;1-2/h2-13,22,27H,14-21H2,1H3;3,5H,4H2,1-2H3;1-2H3/b;5-3+;. The molecule has 2 aliphatic rings. The highest BCUT2D eigenvalue weighted by atomic mass is 16.2. The molecule has 0 aliphatic carbocycles. The molecule has 1 amide bonds. The number of rotatable bonds is 7. The summed E-state index contributed by atoms with van der Waals surface area (Å²) in [7, 11) is 1.90. The Morgan fingerprint density at radius 3 is 1.95 bits per heavy atom. The van der Waals surface area contributed by atoms with Gasteiger partial charge in [-0.05, 0) is 61.6 Å². The lowest BCUT2D eigenvalue weighted by Crippen LogP contribution is -2.47. The maximum atomic E-state index is 12.6. The molecule has 3 aromatic rings. The second kappa shape index (κ2) is 16.7. The predicted molar refractivity (Wildman–Crippen MR) is 172 cm³/mol. The molecular weight excluding hydrogens is 490 g/mol. The number of allylic oxidation sites excluding steroid dienone is 2. The fraction of sp³-hybridized carbons (Fsp3) is 0.417. The minimum atomic E-state index is 0.157. The van der Waals surface area contributed by atoms with Crippen molar-refractivity contribution in [2.45, 2.75) is 52.9 Å². The van der Waals surface area contributed by atoms with Gasteiger partial charge >= 0.3 is 0 Å². The molecular formula is C36H49N3O. The zero-order valence-electron chi connectivity index (χ0n) is 25.4. The average molecular weight is 540 g/mol. The van der Waals surface area contributed by atoms with Crippen molar-refractivity contribution in [3.63, 3.8) is 0 Å². The van der Waals surface area contributed by atoms with Gasteiger partial charge in [-0.15, -0.1) is 0 Å². The van der Waals surface area contributed by atoms with Gasteiger partial charge in [0.2, 0.25) is 0 Å². The van der Waals surface area contributed by atoms with Crippen molar-refractivity contribution in [2.75, 3.05) is 51.2 Å². The third-order valence-electron chi connectivity index (χ3n) is 7.73. The van der Waals surface area contributed by atoms with E-state index >= 15 is 0 Å². The third-order valence-corrected chi connectivity index (χ3v) is 7.73. The normalized spacial score (nSPS) is 15.3. The summed E-state index contributed by atoms with van der Waals surface area (Å²) in [6.45, 7) is 14.2. The molecule has 4 nitrogen and oxygen atoms in total. The van der Waals surface area contributed by atoms with E-state index in [0.29, 0.717) is 5.92 Å². The molecule has 0 bridgehead atoms. The Morgan fingerprint density at radius 2 is 1.43 bits per heavy atom. The van der Waals surface area contributed by atoms with Crippen molar-refractivity contribution in [1.82, 2.24) is 9.80 Å². The molecule has 4 heteroatoms. The van der Waals surface area contributed by atoms with Crippen LogP contribution in [0.15, 0.2) is 91.0 Å². The molecule has 0 aromatic heterocycles. The highest BCUT2D eigenvalue weighted by Gasteiger charge is 2.24. The SMILES string of the molecule is C/C=C/CC.CC.CN1CCc2ccc(N3CCN(CCC(c4ccccc4)c4ccccc4)CC3)cc2C1=O. The lowest BCUT2D eigenvalue weighted by molar-refractivity contribution is 0.0781. The van der Waals surface area contributed by atoms with E-state index in [1.807, 2.05) is 32.7 Å². The number of piperazine rings is 1. The van der Waals surface area contributed by atoms with Crippen LogP contribution in [0.2, 0.25) is 0 Å². The molecule has 2 heterocycles.